The molecule has 0 aliphatic carbocycles. The molecular weight excluding hydrogens is 371 g/mol. The number of amides is 2. The van der Waals surface area contributed by atoms with Gasteiger partial charge in [0.05, 0.1) is 17.3 Å². The zero-order valence-electron chi connectivity index (χ0n) is 15.9. The molecule has 29 heavy (non-hydrogen) atoms. The molecule has 3 aromatic heterocycles. The van der Waals surface area contributed by atoms with E-state index in [2.05, 4.69) is 30.8 Å². The molecule has 8 heteroatoms. The van der Waals surface area contributed by atoms with Gasteiger partial charge in [-0.25, -0.2) is 14.8 Å². The third-order valence-electron chi connectivity index (χ3n) is 4.61. The number of hydrogen-bond acceptors (Lipinski definition) is 4. The molecule has 0 fully saturated rings. The molecule has 0 radical (unpaired) electrons. The molecule has 0 spiro atoms. The fourth-order valence-electron chi connectivity index (χ4n) is 3.23. The molecule has 3 heterocycles. The van der Waals surface area contributed by atoms with Gasteiger partial charge in [-0.05, 0) is 25.5 Å². The van der Waals surface area contributed by atoms with E-state index in [4.69, 9.17) is 0 Å². The van der Waals surface area contributed by atoms with Crippen LogP contribution in [0.4, 0.5) is 15.0 Å². The van der Waals surface area contributed by atoms with Gasteiger partial charge in [0.2, 0.25) is 5.95 Å². The number of anilines is 1. The highest BCUT2D eigenvalue weighted by atomic mass is 19.1. The first-order valence-electron chi connectivity index (χ1n) is 9.11. The van der Waals surface area contributed by atoms with E-state index in [0.29, 0.717) is 28.3 Å². The summed E-state index contributed by atoms with van der Waals surface area (Å²) < 4.78 is 13.5. The van der Waals surface area contributed by atoms with Gasteiger partial charge in [0.1, 0.15) is 11.5 Å². The molecule has 0 bridgehead atoms. The van der Waals surface area contributed by atoms with Crippen LogP contribution in [0, 0.1) is 12.9 Å². The second-order valence-corrected chi connectivity index (χ2v) is 6.69. The first-order chi connectivity index (χ1) is 14.0. The van der Waals surface area contributed by atoms with Gasteiger partial charge in [-0.15, -0.1) is 0 Å². The number of aromatic amines is 1. The van der Waals surface area contributed by atoms with Crippen molar-refractivity contribution in [2.45, 2.75) is 19.9 Å². The fourth-order valence-corrected chi connectivity index (χ4v) is 3.23. The van der Waals surface area contributed by atoms with E-state index in [9.17, 15) is 9.18 Å². The topological polar surface area (TPSA) is 95.6 Å². The Morgan fingerprint density at radius 1 is 1.17 bits per heavy atom. The zero-order valence-corrected chi connectivity index (χ0v) is 15.9. The maximum atomic E-state index is 13.5. The SMILES string of the molecule is Cc1nc(NC(=O)NC(C)c2ccccc2)cc2[nH]nc(-c3ccnc(F)c3)c12. The van der Waals surface area contributed by atoms with Crippen molar-refractivity contribution in [3.63, 3.8) is 0 Å². The lowest BCUT2D eigenvalue weighted by molar-refractivity contribution is 0.249. The number of rotatable bonds is 4. The summed E-state index contributed by atoms with van der Waals surface area (Å²) in [5.74, 6) is -0.185. The third kappa shape index (κ3) is 3.91. The minimum absolute atomic E-state index is 0.152. The van der Waals surface area contributed by atoms with Crippen LogP contribution in [0.1, 0.15) is 24.2 Å². The molecule has 0 saturated carbocycles. The number of carbonyl (C=O) groups excluding carboxylic acids is 1. The lowest BCUT2D eigenvalue weighted by atomic mass is 10.1. The van der Waals surface area contributed by atoms with Crippen LogP contribution in [-0.2, 0) is 0 Å². The average Bonchev–Trinajstić information content (AvgIpc) is 3.13. The summed E-state index contributed by atoms with van der Waals surface area (Å²) in [5.41, 5.74) is 3.54. The highest BCUT2D eigenvalue weighted by Gasteiger charge is 2.15. The van der Waals surface area contributed by atoms with E-state index in [1.165, 1.54) is 12.3 Å². The number of pyridine rings is 2. The minimum atomic E-state index is -0.577. The largest absolute Gasteiger partial charge is 0.331 e. The van der Waals surface area contributed by atoms with E-state index in [-0.39, 0.29) is 12.1 Å². The third-order valence-corrected chi connectivity index (χ3v) is 4.61. The molecular formula is C21H19FN6O. The number of nitrogens with zero attached hydrogens (tertiary/aromatic N) is 3. The number of aryl methyl sites for hydroxylation is 1. The van der Waals surface area contributed by atoms with E-state index in [1.807, 2.05) is 44.2 Å². The van der Waals surface area contributed by atoms with Crippen molar-refractivity contribution >= 4 is 22.8 Å². The number of hydrogen-bond donors (Lipinski definition) is 3. The van der Waals surface area contributed by atoms with Crippen molar-refractivity contribution in [2.75, 3.05) is 5.32 Å². The Balaban J connectivity index is 1.56. The number of aromatic nitrogens is 4. The van der Waals surface area contributed by atoms with E-state index < -0.39 is 5.95 Å². The standard InChI is InChI=1S/C21H19FN6O/c1-12(14-6-4-3-5-7-14)25-21(29)26-18-11-16-19(13(2)24-18)20(28-27-16)15-8-9-23-17(22)10-15/h3-12H,1-2H3,(H,27,28)(H2,24,25,26,29). The first kappa shape index (κ1) is 18.5. The Hall–Kier alpha value is -3.81. The van der Waals surface area contributed by atoms with Crippen molar-refractivity contribution < 1.29 is 9.18 Å². The van der Waals surface area contributed by atoms with Crippen LogP contribution in [0.3, 0.4) is 0 Å². The van der Waals surface area contributed by atoms with Gasteiger partial charge >= 0.3 is 6.03 Å². The summed E-state index contributed by atoms with van der Waals surface area (Å²) >= 11 is 0. The summed E-state index contributed by atoms with van der Waals surface area (Å²) in [6.45, 7) is 3.72. The summed E-state index contributed by atoms with van der Waals surface area (Å²) in [5, 5.41) is 13.6. The first-order valence-corrected chi connectivity index (χ1v) is 9.11. The van der Waals surface area contributed by atoms with Crippen LogP contribution in [0.5, 0.6) is 0 Å². The van der Waals surface area contributed by atoms with Crippen molar-refractivity contribution in [2.24, 2.45) is 0 Å². The molecule has 0 aliphatic rings. The summed E-state index contributed by atoms with van der Waals surface area (Å²) in [6.07, 6.45) is 1.39. The van der Waals surface area contributed by atoms with Gasteiger partial charge in [0.15, 0.2) is 0 Å². The van der Waals surface area contributed by atoms with E-state index in [1.54, 1.807) is 12.1 Å². The molecule has 1 aromatic carbocycles. The molecule has 3 N–H and O–H groups in total. The molecule has 0 saturated heterocycles. The van der Waals surface area contributed by atoms with Crippen LogP contribution < -0.4 is 10.6 Å². The number of H-pyrrole nitrogens is 1. The molecule has 2 amide bonds. The monoisotopic (exact) mass is 390 g/mol. The molecule has 4 aromatic rings. The van der Waals surface area contributed by atoms with Gasteiger partial charge in [0.25, 0.3) is 0 Å². The minimum Gasteiger partial charge on any atom is -0.331 e. The summed E-state index contributed by atoms with van der Waals surface area (Å²) in [7, 11) is 0. The van der Waals surface area contributed by atoms with Gasteiger partial charge in [-0.1, -0.05) is 30.3 Å². The van der Waals surface area contributed by atoms with Crippen molar-refractivity contribution in [1.29, 1.82) is 0 Å². The lowest BCUT2D eigenvalue weighted by Crippen LogP contribution is -2.31. The second-order valence-electron chi connectivity index (χ2n) is 6.69. The zero-order chi connectivity index (χ0) is 20.4. The fraction of sp³-hybridized carbons (Fsp3) is 0.143. The molecule has 146 valence electrons. The molecule has 1 atom stereocenters. The lowest BCUT2D eigenvalue weighted by Gasteiger charge is -2.15. The Labute approximate surface area is 166 Å². The normalized spacial score (nSPS) is 12.0. The number of fused-ring (bicyclic) bond motifs is 1. The van der Waals surface area contributed by atoms with Gasteiger partial charge in [-0.2, -0.15) is 9.49 Å². The summed E-state index contributed by atoms with van der Waals surface area (Å²) in [6, 6.07) is 13.9. The van der Waals surface area contributed by atoms with Crippen molar-refractivity contribution in [3.8, 4) is 11.3 Å². The molecule has 0 aliphatic heterocycles. The smallest absolute Gasteiger partial charge is 0.320 e. The number of carbonyl (C=O) groups is 1. The molecule has 4 rings (SSSR count). The van der Waals surface area contributed by atoms with Crippen LogP contribution in [0.25, 0.3) is 22.2 Å². The second kappa shape index (κ2) is 7.67. The maximum absolute atomic E-state index is 13.5. The van der Waals surface area contributed by atoms with Crippen molar-refractivity contribution in [1.82, 2.24) is 25.5 Å². The Kier molecular flexibility index (Phi) is 4.90. The van der Waals surface area contributed by atoms with E-state index in [0.717, 1.165) is 10.9 Å². The van der Waals surface area contributed by atoms with Crippen LogP contribution in [0.15, 0.2) is 54.7 Å². The number of nitrogens with one attached hydrogen (secondary N) is 3. The maximum Gasteiger partial charge on any atom is 0.320 e. The van der Waals surface area contributed by atoms with Gasteiger partial charge < -0.3 is 5.32 Å². The van der Waals surface area contributed by atoms with Crippen LogP contribution in [-0.4, -0.2) is 26.2 Å². The van der Waals surface area contributed by atoms with Crippen LogP contribution >= 0.6 is 0 Å². The number of benzene rings is 1. The number of urea groups is 1. The van der Waals surface area contributed by atoms with Crippen molar-refractivity contribution in [3.05, 3.63) is 71.9 Å². The van der Waals surface area contributed by atoms with Gasteiger partial charge in [-0.3, -0.25) is 10.4 Å². The average molecular weight is 390 g/mol. The number of halogens is 1. The highest BCUT2D eigenvalue weighted by Crippen LogP contribution is 2.29. The Morgan fingerprint density at radius 2 is 1.97 bits per heavy atom. The Morgan fingerprint density at radius 3 is 2.72 bits per heavy atom. The molecule has 1 unspecified atom stereocenters. The van der Waals surface area contributed by atoms with E-state index >= 15 is 0 Å². The summed E-state index contributed by atoms with van der Waals surface area (Å²) in [4.78, 5) is 20.4. The highest BCUT2D eigenvalue weighted by molar-refractivity contribution is 5.97. The predicted octanol–water partition coefficient (Wildman–Crippen LogP) is 4.35. The quantitative estimate of drug-likeness (QED) is 0.452. The predicted molar refractivity (Wildman–Crippen MR) is 109 cm³/mol. The van der Waals surface area contributed by atoms with Crippen LogP contribution in [0.2, 0.25) is 0 Å². The molecule has 7 nitrogen and oxygen atoms in total. The van der Waals surface area contributed by atoms with Gasteiger partial charge in [0, 0.05) is 29.3 Å². The Bertz CT molecular complexity index is 1170.